The van der Waals surface area contributed by atoms with Gasteiger partial charge in [0.2, 0.25) is 15.9 Å². The monoisotopic (exact) mass is 336 g/mol. The maximum absolute atomic E-state index is 11.8. The van der Waals surface area contributed by atoms with E-state index in [4.69, 9.17) is 28.3 Å². The predicted octanol–water partition coefficient (Wildman–Crippen LogP) is 1.50. The lowest BCUT2D eigenvalue weighted by Gasteiger charge is -2.05. The van der Waals surface area contributed by atoms with Crippen LogP contribution in [0.25, 0.3) is 0 Å². The minimum Gasteiger partial charge on any atom is -0.355 e. The Kier molecular flexibility index (Phi) is 4.59. The third-order valence-electron chi connectivity index (χ3n) is 3.18. The van der Waals surface area contributed by atoms with Crippen molar-refractivity contribution in [2.45, 2.75) is 12.3 Å². The van der Waals surface area contributed by atoms with Gasteiger partial charge in [0.15, 0.2) is 0 Å². The third-order valence-corrected chi connectivity index (χ3v) is 4.70. The summed E-state index contributed by atoms with van der Waals surface area (Å²) >= 11 is 11.8. The van der Waals surface area contributed by atoms with Gasteiger partial charge in [-0.1, -0.05) is 29.3 Å². The lowest BCUT2D eigenvalue weighted by molar-refractivity contribution is -0.122. The highest BCUT2D eigenvalue weighted by Gasteiger charge is 2.43. The first-order chi connectivity index (χ1) is 9.28. The van der Waals surface area contributed by atoms with Crippen molar-refractivity contribution in [1.82, 2.24) is 5.32 Å². The van der Waals surface area contributed by atoms with E-state index in [1.165, 1.54) is 0 Å². The van der Waals surface area contributed by atoms with Crippen molar-refractivity contribution in [2.24, 2.45) is 11.1 Å². The van der Waals surface area contributed by atoms with Crippen molar-refractivity contribution >= 4 is 39.1 Å². The van der Waals surface area contributed by atoms with Gasteiger partial charge in [0, 0.05) is 12.5 Å². The summed E-state index contributed by atoms with van der Waals surface area (Å²) in [5.74, 6) is -0.459. The largest absolute Gasteiger partial charge is 0.355 e. The lowest BCUT2D eigenvalue weighted by Crippen LogP contribution is -2.32. The predicted molar refractivity (Wildman–Crippen MR) is 78.3 cm³/mol. The first-order valence-electron chi connectivity index (χ1n) is 6.01. The number of carbonyl (C=O) groups is 1. The minimum absolute atomic E-state index is 0.0300. The lowest BCUT2D eigenvalue weighted by atomic mass is 10.1. The molecule has 0 spiro atoms. The summed E-state index contributed by atoms with van der Waals surface area (Å²) < 4.78 is 21.5. The van der Waals surface area contributed by atoms with Gasteiger partial charge in [-0.25, -0.2) is 13.6 Å². The van der Waals surface area contributed by atoms with E-state index in [9.17, 15) is 13.2 Å². The Bertz CT molecular complexity index is 634. The average molecular weight is 337 g/mol. The molecule has 0 heterocycles. The number of hydrogen-bond acceptors (Lipinski definition) is 3. The van der Waals surface area contributed by atoms with Gasteiger partial charge in [-0.05, 0) is 30.0 Å². The number of primary sulfonamides is 1. The number of hydrogen-bond donors (Lipinski definition) is 2. The number of nitrogens with two attached hydrogens (primary N) is 1. The van der Waals surface area contributed by atoms with Crippen LogP contribution in [0.3, 0.4) is 0 Å². The van der Waals surface area contributed by atoms with Crippen molar-refractivity contribution in [2.75, 3.05) is 12.3 Å². The first kappa shape index (κ1) is 15.6. The van der Waals surface area contributed by atoms with Crippen LogP contribution < -0.4 is 10.5 Å². The average Bonchev–Trinajstić information content (AvgIpc) is 3.11. The van der Waals surface area contributed by atoms with Crippen LogP contribution >= 0.6 is 23.2 Å². The van der Waals surface area contributed by atoms with Crippen LogP contribution in [-0.2, 0) is 14.8 Å². The molecule has 0 aliphatic heterocycles. The zero-order valence-corrected chi connectivity index (χ0v) is 12.8. The number of carbonyl (C=O) groups excluding carboxylic acids is 1. The smallest absolute Gasteiger partial charge is 0.223 e. The Balaban J connectivity index is 1.88. The van der Waals surface area contributed by atoms with E-state index in [1.807, 2.05) is 6.07 Å². The first-order valence-corrected chi connectivity index (χ1v) is 8.48. The molecule has 0 saturated heterocycles. The summed E-state index contributed by atoms with van der Waals surface area (Å²) in [6.45, 7) is 0.0300. The molecule has 2 atom stereocenters. The standard InChI is InChI=1S/C12H14Cl2N2O3S/c13-10-2-1-7(5-11(10)14)8-6-9(8)12(17)16-3-4-20(15,18)19/h1-2,5,8-9H,3-4,6H2,(H,16,17)(H2,15,18,19)/t8-,9-/m1/s1. The number of rotatable bonds is 5. The normalized spacial score (nSPS) is 21.6. The van der Waals surface area contributed by atoms with Crippen molar-refractivity contribution in [1.29, 1.82) is 0 Å². The van der Waals surface area contributed by atoms with E-state index < -0.39 is 10.0 Å². The highest BCUT2D eigenvalue weighted by molar-refractivity contribution is 7.89. The minimum atomic E-state index is -3.55. The molecular weight excluding hydrogens is 323 g/mol. The summed E-state index contributed by atoms with van der Waals surface area (Å²) in [6.07, 6.45) is 0.721. The second kappa shape index (κ2) is 5.89. The van der Waals surface area contributed by atoms with E-state index in [1.54, 1.807) is 12.1 Å². The Morgan fingerprint density at radius 3 is 2.65 bits per heavy atom. The molecule has 110 valence electrons. The zero-order valence-electron chi connectivity index (χ0n) is 10.5. The second-order valence-corrected chi connectivity index (χ2v) is 7.33. The summed E-state index contributed by atoms with van der Waals surface area (Å²) in [5, 5.41) is 8.37. The molecule has 0 bridgehead atoms. The highest BCUT2D eigenvalue weighted by atomic mass is 35.5. The Morgan fingerprint density at radius 1 is 1.35 bits per heavy atom. The number of halogens is 2. The van der Waals surface area contributed by atoms with Gasteiger partial charge in [0.1, 0.15) is 0 Å². The topological polar surface area (TPSA) is 89.3 Å². The van der Waals surface area contributed by atoms with Crippen LogP contribution in [-0.4, -0.2) is 26.6 Å². The van der Waals surface area contributed by atoms with E-state index in [0.717, 1.165) is 12.0 Å². The highest BCUT2D eigenvalue weighted by Crippen LogP contribution is 2.48. The number of nitrogens with one attached hydrogen (secondary N) is 1. The molecule has 8 heteroatoms. The van der Waals surface area contributed by atoms with Crippen molar-refractivity contribution in [3.63, 3.8) is 0 Å². The van der Waals surface area contributed by atoms with Crippen LogP contribution in [0.1, 0.15) is 17.9 Å². The quantitative estimate of drug-likeness (QED) is 0.853. The van der Waals surface area contributed by atoms with Gasteiger partial charge < -0.3 is 5.32 Å². The molecule has 1 aromatic rings. The van der Waals surface area contributed by atoms with E-state index in [-0.39, 0.29) is 30.0 Å². The van der Waals surface area contributed by atoms with Crippen LogP contribution in [0.5, 0.6) is 0 Å². The number of amides is 1. The molecule has 1 aliphatic carbocycles. The molecule has 0 unspecified atom stereocenters. The summed E-state index contributed by atoms with van der Waals surface area (Å²) in [4.78, 5) is 11.8. The fraction of sp³-hybridized carbons (Fsp3) is 0.417. The zero-order chi connectivity index (χ0) is 14.9. The van der Waals surface area contributed by atoms with E-state index >= 15 is 0 Å². The van der Waals surface area contributed by atoms with E-state index in [0.29, 0.717) is 10.0 Å². The molecule has 2 rings (SSSR count). The molecule has 1 aromatic carbocycles. The van der Waals surface area contributed by atoms with Gasteiger partial charge >= 0.3 is 0 Å². The fourth-order valence-electron chi connectivity index (χ4n) is 2.04. The molecule has 3 N–H and O–H groups in total. The van der Waals surface area contributed by atoms with Gasteiger partial charge in [-0.3, -0.25) is 4.79 Å². The Hall–Kier alpha value is -0.820. The SMILES string of the molecule is NS(=O)(=O)CCNC(=O)[C@@H]1C[C@@H]1c1ccc(Cl)c(Cl)c1. The Morgan fingerprint density at radius 2 is 2.05 bits per heavy atom. The van der Waals surface area contributed by atoms with Crippen LogP contribution in [0.15, 0.2) is 18.2 Å². The van der Waals surface area contributed by atoms with Crippen molar-refractivity contribution in [3.8, 4) is 0 Å². The summed E-state index contributed by atoms with van der Waals surface area (Å²) in [5.41, 5.74) is 0.964. The number of benzene rings is 1. The van der Waals surface area contributed by atoms with Gasteiger partial charge in [0.25, 0.3) is 0 Å². The van der Waals surface area contributed by atoms with Crippen LogP contribution in [0.2, 0.25) is 10.0 Å². The second-order valence-electron chi connectivity index (χ2n) is 4.78. The maximum Gasteiger partial charge on any atom is 0.223 e. The summed E-state index contributed by atoms with van der Waals surface area (Å²) in [6, 6.07) is 5.30. The third kappa shape index (κ3) is 4.09. The van der Waals surface area contributed by atoms with Gasteiger partial charge in [-0.2, -0.15) is 0 Å². The molecule has 1 saturated carbocycles. The number of sulfonamides is 1. The maximum atomic E-state index is 11.8. The summed E-state index contributed by atoms with van der Waals surface area (Å²) in [7, 11) is -3.55. The molecule has 1 amide bonds. The molecule has 20 heavy (non-hydrogen) atoms. The molecule has 0 aromatic heterocycles. The molecule has 0 radical (unpaired) electrons. The molecular formula is C12H14Cl2N2O3S. The fourth-order valence-corrected chi connectivity index (χ4v) is 2.74. The molecule has 1 aliphatic rings. The van der Waals surface area contributed by atoms with Crippen LogP contribution in [0, 0.1) is 5.92 Å². The van der Waals surface area contributed by atoms with Crippen LogP contribution in [0.4, 0.5) is 0 Å². The van der Waals surface area contributed by atoms with Gasteiger partial charge in [0.05, 0.1) is 15.8 Å². The molecule has 1 fully saturated rings. The molecule has 5 nitrogen and oxygen atoms in total. The van der Waals surface area contributed by atoms with Crippen molar-refractivity contribution < 1.29 is 13.2 Å². The Labute approximate surface area is 127 Å². The van der Waals surface area contributed by atoms with E-state index in [2.05, 4.69) is 5.32 Å². The van der Waals surface area contributed by atoms with Crippen molar-refractivity contribution in [3.05, 3.63) is 33.8 Å². The van der Waals surface area contributed by atoms with Gasteiger partial charge in [-0.15, -0.1) is 0 Å².